The SMILES string of the molecule is CN=C(NOC=O)c1ccc2noc(-c3ccc(NC(=O)C4CCCC4)cc3)c2c1. The van der Waals surface area contributed by atoms with Gasteiger partial charge < -0.3 is 14.7 Å². The van der Waals surface area contributed by atoms with Gasteiger partial charge in [0.25, 0.3) is 0 Å². The molecular formula is C22H22N4O4. The molecule has 0 radical (unpaired) electrons. The highest BCUT2D eigenvalue weighted by Gasteiger charge is 2.22. The predicted octanol–water partition coefficient (Wildman–Crippen LogP) is 3.68. The summed E-state index contributed by atoms with van der Waals surface area (Å²) in [6.45, 7) is 0.293. The third kappa shape index (κ3) is 4.03. The minimum absolute atomic E-state index is 0.0893. The van der Waals surface area contributed by atoms with E-state index in [0.717, 1.165) is 47.9 Å². The molecule has 1 aliphatic carbocycles. The quantitative estimate of drug-likeness (QED) is 0.280. The average molecular weight is 406 g/mol. The first-order valence-corrected chi connectivity index (χ1v) is 9.83. The monoisotopic (exact) mass is 406 g/mol. The van der Waals surface area contributed by atoms with Crippen LogP contribution in [0.1, 0.15) is 31.2 Å². The molecule has 1 aliphatic rings. The lowest BCUT2D eigenvalue weighted by atomic mass is 10.0. The van der Waals surface area contributed by atoms with Gasteiger partial charge in [-0.3, -0.25) is 14.6 Å². The van der Waals surface area contributed by atoms with Gasteiger partial charge in [-0.2, -0.15) is 0 Å². The zero-order chi connectivity index (χ0) is 20.9. The molecule has 8 nitrogen and oxygen atoms in total. The average Bonchev–Trinajstić information content (AvgIpc) is 3.45. The van der Waals surface area contributed by atoms with Crippen molar-refractivity contribution in [1.82, 2.24) is 10.6 Å². The molecule has 1 heterocycles. The minimum atomic E-state index is 0.0893. The Balaban J connectivity index is 1.57. The smallest absolute Gasteiger partial charge is 0.320 e. The van der Waals surface area contributed by atoms with Crippen LogP contribution in [-0.4, -0.2) is 30.4 Å². The van der Waals surface area contributed by atoms with Crippen molar-refractivity contribution in [3.05, 3.63) is 48.0 Å². The van der Waals surface area contributed by atoms with Crippen LogP contribution in [0.4, 0.5) is 5.69 Å². The third-order valence-electron chi connectivity index (χ3n) is 5.32. The molecule has 30 heavy (non-hydrogen) atoms. The fourth-order valence-electron chi connectivity index (χ4n) is 3.75. The van der Waals surface area contributed by atoms with Crippen LogP contribution >= 0.6 is 0 Å². The third-order valence-corrected chi connectivity index (χ3v) is 5.32. The van der Waals surface area contributed by atoms with Crippen LogP contribution in [0.15, 0.2) is 52.0 Å². The maximum absolute atomic E-state index is 12.3. The van der Waals surface area contributed by atoms with Crippen molar-refractivity contribution in [2.45, 2.75) is 25.7 Å². The molecule has 2 N–H and O–H groups in total. The van der Waals surface area contributed by atoms with Gasteiger partial charge in [0.2, 0.25) is 5.91 Å². The Morgan fingerprint density at radius 1 is 1.20 bits per heavy atom. The van der Waals surface area contributed by atoms with Crippen LogP contribution in [0.3, 0.4) is 0 Å². The van der Waals surface area contributed by atoms with Crippen molar-refractivity contribution < 1.29 is 18.9 Å². The molecule has 0 spiro atoms. The highest BCUT2D eigenvalue weighted by Crippen LogP contribution is 2.31. The first kappa shape index (κ1) is 19.6. The number of hydrogen-bond donors (Lipinski definition) is 2. The summed E-state index contributed by atoms with van der Waals surface area (Å²) in [4.78, 5) is 31.5. The standard InChI is InChI=1S/C22H22N4O4/c1-23-21(26-29-13-27)16-8-11-19-18(12-16)20(30-25-19)14-6-9-17(10-7-14)24-22(28)15-4-2-3-5-15/h6-13,15H,2-5H2,1H3,(H,23,26)(H,24,28). The number of nitrogens with zero attached hydrogens (tertiary/aromatic N) is 2. The Hall–Kier alpha value is -3.68. The first-order valence-electron chi connectivity index (χ1n) is 9.83. The van der Waals surface area contributed by atoms with Crippen molar-refractivity contribution >= 4 is 34.8 Å². The molecule has 0 aliphatic heterocycles. The zero-order valence-electron chi connectivity index (χ0n) is 16.6. The van der Waals surface area contributed by atoms with Crippen molar-refractivity contribution in [3.63, 3.8) is 0 Å². The highest BCUT2D eigenvalue weighted by atomic mass is 16.7. The van der Waals surface area contributed by atoms with E-state index in [9.17, 15) is 9.59 Å². The van der Waals surface area contributed by atoms with Gasteiger partial charge in [0.05, 0.1) is 5.39 Å². The molecule has 3 aromatic rings. The van der Waals surface area contributed by atoms with E-state index >= 15 is 0 Å². The molecule has 0 saturated heterocycles. The van der Waals surface area contributed by atoms with Crippen molar-refractivity contribution in [3.8, 4) is 11.3 Å². The molecule has 154 valence electrons. The van der Waals surface area contributed by atoms with Gasteiger partial charge in [0.1, 0.15) is 5.52 Å². The Kier molecular flexibility index (Phi) is 5.74. The predicted molar refractivity (Wildman–Crippen MR) is 113 cm³/mol. The summed E-state index contributed by atoms with van der Waals surface area (Å²) in [5.41, 5.74) is 5.50. The van der Waals surface area contributed by atoms with E-state index in [4.69, 9.17) is 4.52 Å². The number of carbonyl (C=O) groups is 2. The van der Waals surface area contributed by atoms with Crippen molar-refractivity contribution in [2.75, 3.05) is 12.4 Å². The normalized spacial score (nSPS) is 14.6. The minimum Gasteiger partial charge on any atom is -0.355 e. The summed E-state index contributed by atoms with van der Waals surface area (Å²) in [5, 5.41) is 7.90. The van der Waals surface area contributed by atoms with Crippen LogP contribution < -0.4 is 10.8 Å². The summed E-state index contributed by atoms with van der Waals surface area (Å²) < 4.78 is 5.57. The molecule has 1 saturated carbocycles. The van der Waals surface area contributed by atoms with Gasteiger partial charge >= 0.3 is 6.47 Å². The first-order chi connectivity index (χ1) is 14.7. The molecule has 8 heteroatoms. The number of aromatic nitrogens is 1. The van der Waals surface area contributed by atoms with E-state index in [2.05, 4.69) is 25.8 Å². The van der Waals surface area contributed by atoms with Gasteiger partial charge in [-0.15, -0.1) is 0 Å². The molecule has 1 fully saturated rings. The van der Waals surface area contributed by atoms with E-state index in [1.807, 2.05) is 36.4 Å². The number of fused-ring (bicyclic) bond motifs is 1. The van der Waals surface area contributed by atoms with E-state index in [-0.39, 0.29) is 11.8 Å². The second-order valence-corrected chi connectivity index (χ2v) is 7.18. The van der Waals surface area contributed by atoms with Gasteiger partial charge in [-0.25, -0.2) is 5.48 Å². The van der Waals surface area contributed by atoms with Gasteiger partial charge in [0.15, 0.2) is 11.6 Å². The summed E-state index contributed by atoms with van der Waals surface area (Å²) in [6, 6.07) is 13.0. The van der Waals surface area contributed by atoms with E-state index in [1.54, 1.807) is 13.1 Å². The Morgan fingerprint density at radius 3 is 2.67 bits per heavy atom. The number of hydroxylamine groups is 1. The fourth-order valence-corrected chi connectivity index (χ4v) is 3.75. The summed E-state index contributed by atoms with van der Waals surface area (Å²) >= 11 is 0. The van der Waals surface area contributed by atoms with Crippen LogP contribution in [0.2, 0.25) is 0 Å². The lowest BCUT2D eigenvalue weighted by Crippen LogP contribution is -2.24. The van der Waals surface area contributed by atoms with E-state index < -0.39 is 0 Å². The maximum atomic E-state index is 12.3. The molecule has 1 amide bonds. The Bertz CT molecular complexity index is 1080. The molecule has 0 atom stereocenters. The van der Waals surface area contributed by atoms with Crippen LogP contribution in [0.5, 0.6) is 0 Å². The zero-order valence-corrected chi connectivity index (χ0v) is 16.6. The number of benzene rings is 2. The van der Waals surface area contributed by atoms with Crippen molar-refractivity contribution in [1.29, 1.82) is 0 Å². The fraction of sp³-hybridized carbons (Fsp3) is 0.273. The van der Waals surface area contributed by atoms with Crippen LogP contribution in [-0.2, 0) is 14.4 Å². The Morgan fingerprint density at radius 2 is 1.97 bits per heavy atom. The van der Waals surface area contributed by atoms with Gasteiger partial charge in [-0.1, -0.05) is 18.0 Å². The van der Waals surface area contributed by atoms with Crippen LogP contribution in [0.25, 0.3) is 22.2 Å². The molecule has 2 aromatic carbocycles. The highest BCUT2D eigenvalue weighted by molar-refractivity contribution is 6.03. The lowest BCUT2D eigenvalue weighted by molar-refractivity contribution is -0.132. The Labute approximate surface area is 173 Å². The lowest BCUT2D eigenvalue weighted by Gasteiger charge is -2.10. The summed E-state index contributed by atoms with van der Waals surface area (Å²) in [7, 11) is 1.59. The largest absolute Gasteiger partial charge is 0.355 e. The van der Waals surface area contributed by atoms with Gasteiger partial charge in [-0.05, 0) is 55.3 Å². The number of hydrogen-bond acceptors (Lipinski definition) is 6. The molecule has 0 unspecified atom stereocenters. The maximum Gasteiger partial charge on any atom is 0.320 e. The van der Waals surface area contributed by atoms with Crippen molar-refractivity contribution in [2.24, 2.45) is 10.9 Å². The second kappa shape index (κ2) is 8.77. The molecule has 0 bridgehead atoms. The number of rotatable bonds is 6. The topological polar surface area (TPSA) is 106 Å². The van der Waals surface area contributed by atoms with Crippen LogP contribution in [0, 0.1) is 5.92 Å². The molecule has 4 rings (SSSR count). The number of nitrogens with one attached hydrogen (secondary N) is 2. The number of amidine groups is 1. The van der Waals surface area contributed by atoms with E-state index in [0.29, 0.717) is 23.6 Å². The van der Waals surface area contributed by atoms with E-state index in [1.165, 1.54) is 0 Å². The molecule has 1 aromatic heterocycles. The number of carbonyl (C=O) groups excluding carboxylic acids is 2. The number of amides is 1. The summed E-state index contributed by atoms with van der Waals surface area (Å²) in [5.74, 6) is 1.22. The second-order valence-electron chi connectivity index (χ2n) is 7.18. The number of aliphatic imine (C=N–C) groups is 1. The molecular weight excluding hydrogens is 384 g/mol. The number of anilines is 1. The van der Waals surface area contributed by atoms with Gasteiger partial charge in [0, 0.05) is 29.8 Å². The summed E-state index contributed by atoms with van der Waals surface area (Å²) in [6.07, 6.45) is 4.18.